The fourth-order valence-corrected chi connectivity index (χ4v) is 5.36. The fraction of sp³-hybridized carbons (Fsp3) is 0.368. The molecule has 0 amide bonds. The number of hydrogen-bond acceptors (Lipinski definition) is 4. The highest BCUT2D eigenvalue weighted by atomic mass is 32.2. The first-order valence-electron chi connectivity index (χ1n) is 8.87. The van der Waals surface area contributed by atoms with Gasteiger partial charge in [0.1, 0.15) is 0 Å². The Balaban J connectivity index is 1.58. The van der Waals surface area contributed by atoms with Gasteiger partial charge in [0.25, 0.3) is 0 Å². The normalized spacial score (nSPS) is 17.1. The van der Waals surface area contributed by atoms with E-state index in [1.54, 1.807) is 28.6 Å². The Morgan fingerprint density at radius 3 is 2.27 bits per heavy atom. The van der Waals surface area contributed by atoms with Crippen molar-refractivity contribution in [3.05, 3.63) is 60.2 Å². The molecular weight excluding hydrogens is 368 g/mol. The van der Waals surface area contributed by atoms with Crippen LogP contribution in [0.1, 0.15) is 24.8 Å². The molecule has 1 heterocycles. The molecule has 2 aromatic carbocycles. The summed E-state index contributed by atoms with van der Waals surface area (Å²) in [5.41, 5.74) is 1.18. The van der Waals surface area contributed by atoms with Crippen LogP contribution in [0.3, 0.4) is 0 Å². The molecule has 26 heavy (non-hydrogen) atoms. The topological polar surface area (TPSA) is 72.5 Å². The molecule has 1 aliphatic heterocycles. The maximum Gasteiger partial charge on any atom is 0.243 e. The summed E-state index contributed by atoms with van der Waals surface area (Å²) < 4.78 is 42.1. The lowest BCUT2D eigenvalue weighted by Gasteiger charge is -2.25. The zero-order valence-corrected chi connectivity index (χ0v) is 16.3. The highest BCUT2D eigenvalue weighted by molar-refractivity contribution is 7.89. The van der Waals surface area contributed by atoms with E-state index in [1.807, 2.05) is 30.3 Å². The SMILES string of the molecule is O=S(=O)(c1ccc([S+]([O-])NCCc2ccccc2)cc1)N1CCCCC1. The van der Waals surface area contributed by atoms with Crippen molar-refractivity contribution < 1.29 is 13.0 Å². The van der Waals surface area contributed by atoms with Crippen molar-refractivity contribution in [3.63, 3.8) is 0 Å². The van der Waals surface area contributed by atoms with Crippen molar-refractivity contribution in [3.8, 4) is 0 Å². The largest absolute Gasteiger partial charge is 0.593 e. The number of sulfonamides is 1. The maximum atomic E-state index is 12.6. The summed E-state index contributed by atoms with van der Waals surface area (Å²) in [6.45, 7) is 1.75. The minimum absolute atomic E-state index is 0.268. The molecule has 1 N–H and O–H groups in total. The number of nitrogens with one attached hydrogen (secondary N) is 1. The van der Waals surface area contributed by atoms with Gasteiger partial charge in [-0.1, -0.05) is 36.8 Å². The maximum absolute atomic E-state index is 12.6. The van der Waals surface area contributed by atoms with Gasteiger partial charge in [0.15, 0.2) is 4.90 Å². The number of hydrogen-bond donors (Lipinski definition) is 1. The summed E-state index contributed by atoms with van der Waals surface area (Å²) in [5.74, 6) is 0. The van der Waals surface area contributed by atoms with E-state index in [2.05, 4.69) is 4.72 Å². The van der Waals surface area contributed by atoms with Gasteiger partial charge in [-0.15, -0.1) is 4.72 Å². The van der Waals surface area contributed by atoms with Crippen molar-refractivity contribution >= 4 is 21.4 Å². The lowest BCUT2D eigenvalue weighted by atomic mass is 10.2. The molecule has 1 unspecified atom stereocenters. The Hall–Kier alpha value is -1.38. The van der Waals surface area contributed by atoms with Crippen molar-refractivity contribution in [2.75, 3.05) is 19.6 Å². The van der Waals surface area contributed by atoms with Crippen molar-refractivity contribution in [1.29, 1.82) is 0 Å². The molecule has 0 radical (unpaired) electrons. The monoisotopic (exact) mass is 392 g/mol. The summed E-state index contributed by atoms with van der Waals surface area (Å²) in [7, 11) is -3.44. The van der Waals surface area contributed by atoms with Crippen LogP contribution in [0.5, 0.6) is 0 Å². The third-order valence-corrected chi connectivity index (χ3v) is 7.56. The van der Waals surface area contributed by atoms with Crippen LogP contribution in [0.4, 0.5) is 0 Å². The van der Waals surface area contributed by atoms with Crippen LogP contribution < -0.4 is 4.72 Å². The average Bonchev–Trinajstić information content (AvgIpc) is 2.69. The van der Waals surface area contributed by atoms with Gasteiger partial charge in [-0.3, -0.25) is 0 Å². The Morgan fingerprint density at radius 2 is 1.62 bits per heavy atom. The van der Waals surface area contributed by atoms with Gasteiger partial charge >= 0.3 is 0 Å². The van der Waals surface area contributed by atoms with Crippen molar-refractivity contribution in [2.45, 2.75) is 35.5 Å². The number of nitrogens with zero attached hydrogens (tertiary/aromatic N) is 1. The van der Waals surface area contributed by atoms with E-state index in [1.165, 1.54) is 5.56 Å². The van der Waals surface area contributed by atoms with Crippen LogP contribution in [0.2, 0.25) is 0 Å². The summed E-state index contributed by atoms with van der Waals surface area (Å²) in [4.78, 5) is 0.847. The minimum Gasteiger partial charge on any atom is -0.593 e. The molecule has 0 bridgehead atoms. The molecule has 1 saturated heterocycles. The van der Waals surface area contributed by atoms with E-state index in [0.717, 1.165) is 25.7 Å². The third kappa shape index (κ3) is 4.86. The Morgan fingerprint density at radius 1 is 0.962 bits per heavy atom. The van der Waals surface area contributed by atoms with Gasteiger partial charge in [0, 0.05) is 19.6 Å². The second-order valence-electron chi connectivity index (χ2n) is 6.33. The smallest absolute Gasteiger partial charge is 0.243 e. The molecule has 1 aliphatic rings. The van der Waals surface area contributed by atoms with E-state index in [0.29, 0.717) is 24.5 Å². The molecule has 1 fully saturated rings. The van der Waals surface area contributed by atoms with Crippen LogP contribution in [-0.4, -0.2) is 36.9 Å². The highest BCUT2D eigenvalue weighted by Gasteiger charge is 2.26. The Bertz CT molecular complexity index is 789. The first-order chi connectivity index (χ1) is 12.6. The molecule has 140 valence electrons. The van der Waals surface area contributed by atoms with Gasteiger partial charge in [-0.25, -0.2) is 8.42 Å². The summed E-state index contributed by atoms with van der Waals surface area (Å²) in [5, 5.41) is 0. The third-order valence-electron chi connectivity index (χ3n) is 4.48. The summed E-state index contributed by atoms with van der Waals surface area (Å²) in [6, 6.07) is 16.4. The molecule has 1 atom stereocenters. The predicted octanol–water partition coefficient (Wildman–Crippen LogP) is 2.72. The van der Waals surface area contributed by atoms with Crippen LogP contribution >= 0.6 is 0 Å². The van der Waals surface area contributed by atoms with Gasteiger partial charge < -0.3 is 4.55 Å². The molecule has 0 aromatic heterocycles. The summed E-state index contributed by atoms with van der Waals surface area (Å²) >= 11 is -1.36. The fourth-order valence-electron chi connectivity index (χ4n) is 3.01. The van der Waals surface area contributed by atoms with Gasteiger partial charge in [0.2, 0.25) is 10.0 Å². The second-order valence-corrected chi connectivity index (χ2v) is 9.57. The molecule has 7 heteroatoms. The van der Waals surface area contributed by atoms with E-state index < -0.39 is 21.4 Å². The highest BCUT2D eigenvalue weighted by Crippen LogP contribution is 2.21. The Kier molecular flexibility index (Phi) is 6.72. The van der Waals surface area contributed by atoms with Crippen LogP contribution in [0.25, 0.3) is 0 Å². The molecule has 3 rings (SSSR count). The van der Waals surface area contributed by atoms with E-state index in [-0.39, 0.29) is 4.90 Å². The van der Waals surface area contributed by atoms with Crippen LogP contribution in [-0.2, 0) is 27.8 Å². The number of rotatable bonds is 7. The van der Waals surface area contributed by atoms with Crippen molar-refractivity contribution in [2.24, 2.45) is 0 Å². The van der Waals surface area contributed by atoms with E-state index in [9.17, 15) is 13.0 Å². The van der Waals surface area contributed by atoms with E-state index >= 15 is 0 Å². The molecule has 0 spiro atoms. The molecule has 0 aliphatic carbocycles. The standard InChI is InChI=1S/C19H24N2O3S2/c22-25(20-14-13-17-7-3-1-4-8-17)18-9-11-19(12-10-18)26(23,24)21-15-5-2-6-16-21/h1,3-4,7-12,20H,2,5-6,13-16H2. The lowest BCUT2D eigenvalue weighted by molar-refractivity contribution is 0.346. The number of piperidine rings is 1. The molecule has 5 nitrogen and oxygen atoms in total. The van der Waals surface area contributed by atoms with Crippen LogP contribution in [0, 0.1) is 0 Å². The summed E-state index contributed by atoms with van der Waals surface area (Å²) in [6.07, 6.45) is 3.69. The molecular formula is C19H24N2O3S2. The zero-order valence-electron chi connectivity index (χ0n) is 14.6. The second kappa shape index (κ2) is 9.01. The zero-order chi connectivity index (χ0) is 18.4. The van der Waals surface area contributed by atoms with Gasteiger partial charge in [-0.2, -0.15) is 4.31 Å². The van der Waals surface area contributed by atoms with Gasteiger partial charge in [0.05, 0.1) is 16.3 Å². The first kappa shape index (κ1) is 19.4. The number of benzene rings is 2. The van der Waals surface area contributed by atoms with Crippen LogP contribution in [0.15, 0.2) is 64.4 Å². The predicted molar refractivity (Wildman–Crippen MR) is 104 cm³/mol. The van der Waals surface area contributed by atoms with Gasteiger partial charge in [-0.05, 0) is 49.1 Å². The molecule has 0 saturated carbocycles. The molecule has 2 aromatic rings. The Labute approximate surface area is 158 Å². The lowest BCUT2D eigenvalue weighted by Crippen LogP contribution is -2.35. The van der Waals surface area contributed by atoms with E-state index in [4.69, 9.17) is 0 Å². The first-order valence-corrected chi connectivity index (χ1v) is 11.5. The minimum atomic E-state index is -3.44. The average molecular weight is 393 g/mol. The van der Waals surface area contributed by atoms with Crippen molar-refractivity contribution in [1.82, 2.24) is 9.03 Å². The quantitative estimate of drug-likeness (QED) is 0.736.